The zero-order chi connectivity index (χ0) is 50.0. The van der Waals surface area contributed by atoms with Gasteiger partial charge in [0.15, 0.2) is 6.29 Å². The van der Waals surface area contributed by atoms with E-state index in [4.69, 9.17) is 38.0 Å². The van der Waals surface area contributed by atoms with Crippen molar-refractivity contribution in [1.82, 2.24) is 5.32 Å². The second-order valence-electron chi connectivity index (χ2n) is 20.5. The van der Waals surface area contributed by atoms with Crippen LogP contribution in [-0.4, -0.2) is 99.4 Å². The molecule has 1 fully saturated rings. The molecular formula is C57H105ClN2O8S. The summed E-state index contributed by atoms with van der Waals surface area (Å²) in [6, 6.07) is 6.32. The number of benzene rings is 1. The molecule has 1 heterocycles. The number of unbranched alkanes of at least 4 members (excludes halogenated alkanes) is 34. The van der Waals surface area contributed by atoms with Gasteiger partial charge in [-0.05, 0) is 49.8 Å². The van der Waals surface area contributed by atoms with Gasteiger partial charge in [0, 0.05) is 10.7 Å². The smallest absolute Gasteiger partial charge is 0.261 e. The quantitative estimate of drug-likeness (QED) is 0.0247. The fraction of sp³-hybridized carbons (Fsp3) is 0.877. The number of aliphatic hydroxyl groups is 5. The molecule has 1 aromatic rings. The largest absolute Gasteiger partial charge is 0.468 e. The Balaban J connectivity index is 1.68. The van der Waals surface area contributed by atoms with Gasteiger partial charge in [0.2, 0.25) is 0 Å². The minimum atomic E-state index is -1.57. The van der Waals surface area contributed by atoms with Gasteiger partial charge in [-0.15, -0.1) is 0 Å². The maximum absolute atomic E-state index is 11.4. The van der Waals surface area contributed by atoms with Crippen LogP contribution in [0.4, 0.5) is 5.69 Å². The molecule has 0 unspecified atom stereocenters. The van der Waals surface area contributed by atoms with Crippen molar-refractivity contribution in [3.63, 3.8) is 0 Å². The lowest BCUT2D eigenvalue weighted by molar-refractivity contribution is -0.302. The minimum absolute atomic E-state index is 0.0152. The molecule has 8 atom stereocenters. The Labute approximate surface area is 432 Å². The molecule has 1 aliphatic heterocycles. The van der Waals surface area contributed by atoms with Crippen LogP contribution in [0.15, 0.2) is 24.3 Å². The number of hydrogen-bond donors (Lipinski definition) is 7. The number of nitrogens with one attached hydrogen (secondary N) is 2. The zero-order valence-electron chi connectivity index (χ0n) is 44.0. The van der Waals surface area contributed by atoms with Crippen molar-refractivity contribution in [2.45, 2.75) is 300 Å². The molecule has 10 nitrogen and oxygen atoms in total. The normalized spacial score (nSPS) is 19.7. The van der Waals surface area contributed by atoms with Crippen molar-refractivity contribution in [1.29, 1.82) is 0 Å². The van der Waals surface area contributed by atoms with E-state index in [-0.39, 0.29) is 18.4 Å². The summed E-state index contributed by atoms with van der Waals surface area (Å²) >= 11 is 11.4. The van der Waals surface area contributed by atoms with Gasteiger partial charge in [0.05, 0.1) is 24.9 Å². The van der Waals surface area contributed by atoms with E-state index in [2.05, 4.69) is 24.5 Å². The van der Waals surface area contributed by atoms with E-state index >= 15 is 0 Å². The van der Waals surface area contributed by atoms with E-state index in [0.717, 1.165) is 38.5 Å². The van der Waals surface area contributed by atoms with Gasteiger partial charge < -0.3 is 50.4 Å². The highest BCUT2D eigenvalue weighted by molar-refractivity contribution is 7.80. The molecule has 69 heavy (non-hydrogen) atoms. The SMILES string of the molecule is CCCCCCCCCCCCCCCCCCCCCCCCCCN[C@@H](CO[C@@H]1O[C@H](COC(=S)Nc2cccc(Cl)c2)[C@H](O)[C@H](O)[C@H]1O)[C@H](O)[C@H](O)CCCCCCCCCCCCCC. The minimum Gasteiger partial charge on any atom is -0.468 e. The van der Waals surface area contributed by atoms with Crippen LogP contribution in [0, 0.1) is 0 Å². The van der Waals surface area contributed by atoms with E-state index in [1.165, 1.54) is 193 Å². The van der Waals surface area contributed by atoms with Crippen molar-refractivity contribution in [2.75, 3.05) is 25.1 Å². The summed E-state index contributed by atoms with van der Waals surface area (Å²) in [4.78, 5) is 0. The molecule has 12 heteroatoms. The van der Waals surface area contributed by atoms with Crippen molar-refractivity contribution in [3.05, 3.63) is 29.3 Å². The van der Waals surface area contributed by atoms with E-state index in [0.29, 0.717) is 23.7 Å². The third-order valence-electron chi connectivity index (χ3n) is 14.2. The molecule has 0 bridgehead atoms. The van der Waals surface area contributed by atoms with Gasteiger partial charge in [-0.3, -0.25) is 0 Å². The Kier molecular flexibility index (Phi) is 41.2. The molecule has 7 N–H and O–H groups in total. The van der Waals surface area contributed by atoms with Crippen LogP contribution >= 0.6 is 23.8 Å². The second kappa shape index (κ2) is 44.4. The highest BCUT2D eigenvalue weighted by atomic mass is 35.5. The fourth-order valence-electron chi connectivity index (χ4n) is 9.55. The van der Waals surface area contributed by atoms with E-state index in [1.54, 1.807) is 24.3 Å². The van der Waals surface area contributed by atoms with Gasteiger partial charge in [0.1, 0.15) is 31.0 Å². The molecule has 2 rings (SSSR count). The molecule has 1 aromatic carbocycles. The lowest BCUT2D eigenvalue weighted by Gasteiger charge is -2.40. The van der Waals surface area contributed by atoms with Crippen molar-refractivity contribution >= 4 is 34.7 Å². The van der Waals surface area contributed by atoms with Crippen molar-refractivity contribution < 1.29 is 39.7 Å². The average Bonchev–Trinajstić information content (AvgIpc) is 3.34. The third-order valence-corrected chi connectivity index (χ3v) is 14.6. The second-order valence-corrected chi connectivity index (χ2v) is 21.3. The Bertz CT molecular complexity index is 1320. The summed E-state index contributed by atoms with van der Waals surface area (Å²) in [6.45, 7) is 4.86. The summed E-state index contributed by atoms with van der Waals surface area (Å²) in [5.41, 5.74) is 0.624. The summed E-state index contributed by atoms with van der Waals surface area (Å²) in [6.07, 6.45) is 38.4. The molecule has 0 spiro atoms. The zero-order valence-corrected chi connectivity index (χ0v) is 45.5. The van der Waals surface area contributed by atoms with Gasteiger partial charge in [-0.2, -0.15) is 0 Å². The van der Waals surface area contributed by atoms with Crippen LogP contribution in [0.2, 0.25) is 5.02 Å². The first-order chi connectivity index (χ1) is 33.7. The van der Waals surface area contributed by atoms with Crippen molar-refractivity contribution in [3.8, 4) is 0 Å². The van der Waals surface area contributed by atoms with Gasteiger partial charge in [-0.1, -0.05) is 256 Å². The average molecular weight is 1010 g/mol. The molecule has 0 radical (unpaired) electrons. The Hall–Kier alpha value is -1.12. The third kappa shape index (κ3) is 33.3. The number of ether oxygens (including phenoxy) is 3. The molecule has 0 amide bonds. The number of halogens is 1. The predicted octanol–water partition coefficient (Wildman–Crippen LogP) is 14.0. The number of aliphatic hydroxyl groups excluding tert-OH is 5. The lowest BCUT2D eigenvalue weighted by atomic mass is 9.98. The first kappa shape index (κ1) is 64.0. The van der Waals surface area contributed by atoms with Crippen LogP contribution < -0.4 is 10.6 Å². The van der Waals surface area contributed by atoms with E-state index in [1.807, 2.05) is 0 Å². The van der Waals surface area contributed by atoms with Crippen molar-refractivity contribution in [2.24, 2.45) is 0 Å². The molecule has 404 valence electrons. The number of thiocarbonyl (C=S) groups is 1. The van der Waals surface area contributed by atoms with Gasteiger partial charge >= 0.3 is 0 Å². The van der Waals surface area contributed by atoms with Gasteiger partial charge in [0.25, 0.3) is 5.17 Å². The van der Waals surface area contributed by atoms with E-state index < -0.39 is 49.0 Å². The van der Waals surface area contributed by atoms with Crippen LogP contribution in [0.25, 0.3) is 0 Å². The molecular weight excluding hydrogens is 908 g/mol. The van der Waals surface area contributed by atoms with Crippen LogP contribution in [0.3, 0.4) is 0 Å². The highest BCUT2D eigenvalue weighted by Gasteiger charge is 2.45. The Morgan fingerprint density at radius 3 is 1.45 bits per heavy atom. The van der Waals surface area contributed by atoms with E-state index in [9.17, 15) is 25.5 Å². The fourth-order valence-corrected chi connectivity index (χ4v) is 9.93. The van der Waals surface area contributed by atoms with Crippen LogP contribution in [-0.2, 0) is 14.2 Å². The number of hydrogen-bond acceptors (Lipinski definition) is 10. The molecule has 1 aliphatic rings. The Morgan fingerprint density at radius 1 is 0.594 bits per heavy atom. The first-order valence-electron chi connectivity index (χ1n) is 28.8. The molecule has 0 aromatic heterocycles. The molecule has 0 aliphatic carbocycles. The first-order valence-corrected chi connectivity index (χ1v) is 29.6. The lowest BCUT2D eigenvalue weighted by Crippen LogP contribution is -2.60. The predicted molar refractivity (Wildman–Crippen MR) is 292 cm³/mol. The maximum Gasteiger partial charge on any atom is 0.261 e. The summed E-state index contributed by atoms with van der Waals surface area (Å²) in [7, 11) is 0. The summed E-state index contributed by atoms with van der Waals surface area (Å²) in [5, 5.41) is 61.8. The van der Waals surface area contributed by atoms with Crippen LogP contribution in [0.5, 0.6) is 0 Å². The highest BCUT2D eigenvalue weighted by Crippen LogP contribution is 2.25. The topological polar surface area (TPSA) is 153 Å². The molecule has 0 saturated carbocycles. The molecule has 1 saturated heterocycles. The van der Waals surface area contributed by atoms with Crippen LogP contribution in [0.1, 0.15) is 251 Å². The summed E-state index contributed by atoms with van der Waals surface area (Å²) < 4.78 is 17.6. The van der Waals surface area contributed by atoms with Gasteiger partial charge in [-0.25, -0.2) is 0 Å². The maximum atomic E-state index is 11.4. The number of anilines is 1. The summed E-state index contributed by atoms with van der Waals surface area (Å²) in [5.74, 6) is 0. The Morgan fingerprint density at radius 2 is 1.01 bits per heavy atom. The standard InChI is InChI=1S/C57H105ClN2O8S/c1-3-5-7-9-11-13-15-17-18-19-20-21-22-23-24-25-26-27-28-30-32-34-36-38-43-59-49(52(62)50(61)42-37-35-33-31-29-16-14-12-10-8-6-4-2)45-66-56-55(65)54(64)53(63)51(68-56)46-67-57(69)60-48-41-39-40-47(58)44-48/h39-41,44,49-56,59,61-65H,3-38,42-43,45-46H2,1-2H3,(H,60,69)/t49-,50+,51+,52-,53-,54-,55+,56+/m0/s1. The number of rotatable bonds is 47. The monoisotopic (exact) mass is 1010 g/mol.